The Balaban J connectivity index is 1.86. The highest BCUT2D eigenvalue weighted by Gasteiger charge is 2.82. The van der Waals surface area contributed by atoms with Crippen molar-refractivity contribution in [2.75, 3.05) is 0 Å². The Bertz CT molecular complexity index is 1030. The molecule has 0 amide bonds. The van der Waals surface area contributed by atoms with Crippen LogP contribution in [0.3, 0.4) is 0 Å². The van der Waals surface area contributed by atoms with Gasteiger partial charge in [-0.1, -0.05) is 51.0 Å². The predicted octanol–water partition coefficient (Wildman–Crippen LogP) is 4.08. The maximum absolute atomic E-state index is 9.47. The fourth-order valence-electron chi connectivity index (χ4n) is 6.43. The predicted molar refractivity (Wildman–Crippen MR) is 96.4 cm³/mol. The van der Waals surface area contributed by atoms with Crippen LogP contribution in [0.5, 0.6) is 0 Å². The third kappa shape index (κ3) is 1.43. The fourth-order valence-corrected chi connectivity index (χ4v) is 6.43. The third-order valence-corrected chi connectivity index (χ3v) is 6.93. The zero-order valence-electron chi connectivity index (χ0n) is 15.1. The minimum Gasteiger partial charge on any atom is -0.237 e. The van der Waals surface area contributed by atoms with E-state index in [0.717, 1.165) is 37.1 Å². The average Bonchev–Trinajstić information content (AvgIpc) is 3.18. The molecule has 1 fully saturated rings. The molecular formula is C22H20N4. The van der Waals surface area contributed by atoms with Gasteiger partial charge in [0.2, 0.25) is 0 Å². The maximum Gasteiger partial charge on any atom is 0.177 e. The minimum absolute atomic E-state index is 0.132. The maximum atomic E-state index is 9.47. The Hall–Kier alpha value is -2.72. The van der Waals surface area contributed by atoms with Crippen molar-refractivity contribution in [3.8, 4) is 12.1 Å². The molecule has 5 rings (SSSR count). The summed E-state index contributed by atoms with van der Waals surface area (Å²) in [4.78, 5) is 9.43. The summed E-state index contributed by atoms with van der Waals surface area (Å²) in [5.41, 5.74) is 5.19. The number of benzene rings is 1. The number of nitriles is 2. The lowest BCUT2D eigenvalue weighted by Gasteiger charge is -2.29. The molecule has 128 valence electrons. The first-order valence-corrected chi connectivity index (χ1v) is 9.53. The van der Waals surface area contributed by atoms with E-state index in [0.29, 0.717) is 11.8 Å². The molecule has 26 heavy (non-hydrogen) atoms. The summed E-state index contributed by atoms with van der Waals surface area (Å²) < 4.78 is 0. The van der Waals surface area contributed by atoms with Gasteiger partial charge < -0.3 is 0 Å². The van der Waals surface area contributed by atoms with Crippen LogP contribution in [0, 0.1) is 28.6 Å². The van der Waals surface area contributed by atoms with E-state index < -0.39 is 0 Å². The van der Waals surface area contributed by atoms with Gasteiger partial charge in [0.25, 0.3) is 0 Å². The second-order valence-electron chi connectivity index (χ2n) is 7.89. The Morgan fingerprint density at radius 3 is 2.27 bits per heavy atom. The molecule has 0 N–H and O–H groups in total. The van der Waals surface area contributed by atoms with E-state index in [1.807, 2.05) is 0 Å². The van der Waals surface area contributed by atoms with Crippen molar-refractivity contribution in [1.29, 1.82) is 10.5 Å². The summed E-state index contributed by atoms with van der Waals surface area (Å²) in [5, 5.41) is 18.9. The van der Waals surface area contributed by atoms with Crippen molar-refractivity contribution in [2.45, 2.75) is 56.3 Å². The topological polar surface area (TPSA) is 73.4 Å². The number of rotatable bonds is 4. The van der Waals surface area contributed by atoms with E-state index >= 15 is 0 Å². The standard InChI is InChI=1S/C22H20N4/c1-3-9-21-13-7-5-6-8-14(13)22(10-4-2)19(21)17(21)18-20(22)26-16(12-24)15(11-23)25-18/h5-8,17,19H,3-4,9-10H2,1-2H3. The minimum atomic E-state index is -0.132. The van der Waals surface area contributed by atoms with Gasteiger partial charge in [-0.05, 0) is 29.9 Å². The van der Waals surface area contributed by atoms with E-state index in [2.05, 4.69) is 50.3 Å². The molecule has 3 aliphatic carbocycles. The molecule has 1 saturated carbocycles. The van der Waals surface area contributed by atoms with Gasteiger partial charge >= 0.3 is 0 Å². The van der Waals surface area contributed by atoms with Gasteiger partial charge in [0, 0.05) is 16.7 Å². The lowest BCUT2D eigenvalue weighted by atomic mass is 9.74. The second kappa shape index (κ2) is 4.92. The summed E-state index contributed by atoms with van der Waals surface area (Å²) in [6.07, 6.45) is 4.36. The van der Waals surface area contributed by atoms with E-state index in [1.165, 1.54) is 11.1 Å². The van der Waals surface area contributed by atoms with Crippen LogP contribution in [0.1, 0.15) is 79.4 Å². The molecule has 0 radical (unpaired) electrons. The Morgan fingerprint density at radius 1 is 0.962 bits per heavy atom. The SMILES string of the molecule is CCCC12c3ccccc3C3(CCC)C(c4nc(C#N)c(C#N)nc41)C23. The molecule has 1 heterocycles. The lowest BCUT2D eigenvalue weighted by Crippen LogP contribution is -2.29. The van der Waals surface area contributed by atoms with E-state index in [4.69, 9.17) is 9.97 Å². The first-order valence-electron chi connectivity index (χ1n) is 9.53. The summed E-state index contributed by atoms with van der Waals surface area (Å²) in [6.45, 7) is 4.46. The molecule has 4 unspecified atom stereocenters. The highest BCUT2D eigenvalue weighted by Crippen LogP contribution is 2.84. The molecule has 0 aliphatic heterocycles. The fraction of sp³-hybridized carbons (Fsp3) is 0.455. The number of fused-ring (bicyclic) bond motifs is 7. The summed E-state index contributed by atoms with van der Waals surface area (Å²) >= 11 is 0. The zero-order valence-corrected chi connectivity index (χ0v) is 15.1. The highest BCUT2D eigenvalue weighted by atomic mass is 15.0. The van der Waals surface area contributed by atoms with Crippen molar-refractivity contribution in [2.24, 2.45) is 5.92 Å². The molecule has 3 aliphatic rings. The van der Waals surface area contributed by atoms with Gasteiger partial charge in [-0.3, -0.25) is 0 Å². The summed E-state index contributed by atoms with van der Waals surface area (Å²) in [6, 6.07) is 13.0. The van der Waals surface area contributed by atoms with Crippen LogP contribution < -0.4 is 0 Å². The van der Waals surface area contributed by atoms with Gasteiger partial charge in [-0.2, -0.15) is 10.5 Å². The van der Waals surface area contributed by atoms with Crippen molar-refractivity contribution >= 4 is 0 Å². The molecule has 0 bridgehead atoms. The Labute approximate surface area is 153 Å². The third-order valence-electron chi connectivity index (χ3n) is 6.93. The molecule has 1 aromatic carbocycles. The van der Waals surface area contributed by atoms with Gasteiger partial charge in [0.15, 0.2) is 11.4 Å². The van der Waals surface area contributed by atoms with Crippen LogP contribution in [0.25, 0.3) is 0 Å². The van der Waals surface area contributed by atoms with Crippen LogP contribution in [0.4, 0.5) is 0 Å². The van der Waals surface area contributed by atoms with E-state index in [-0.39, 0.29) is 22.2 Å². The normalized spacial score (nSPS) is 31.5. The Kier molecular flexibility index (Phi) is 2.94. The van der Waals surface area contributed by atoms with Crippen molar-refractivity contribution in [3.05, 3.63) is 58.2 Å². The van der Waals surface area contributed by atoms with E-state index in [9.17, 15) is 10.5 Å². The molecule has 2 aromatic rings. The molecular weight excluding hydrogens is 320 g/mol. The van der Waals surface area contributed by atoms with Gasteiger partial charge in [0.1, 0.15) is 12.1 Å². The number of aromatic nitrogens is 2. The van der Waals surface area contributed by atoms with Crippen molar-refractivity contribution < 1.29 is 0 Å². The highest BCUT2D eigenvalue weighted by molar-refractivity contribution is 5.69. The first kappa shape index (κ1) is 15.5. The molecule has 4 nitrogen and oxygen atoms in total. The average molecular weight is 340 g/mol. The number of nitrogens with zero attached hydrogens (tertiary/aromatic N) is 4. The molecule has 0 spiro atoms. The summed E-state index contributed by atoms with van der Waals surface area (Å²) in [5.74, 6) is 0.842. The number of hydrogen-bond acceptors (Lipinski definition) is 4. The van der Waals surface area contributed by atoms with Crippen LogP contribution in [-0.4, -0.2) is 9.97 Å². The quantitative estimate of drug-likeness (QED) is 0.840. The van der Waals surface area contributed by atoms with Gasteiger partial charge in [-0.25, -0.2) is 9.97 Å². The summed E-state index contributed by atoms with van der Waals surface area (Å²) in [7, 11) is 0. The monoisotopic (exact) mass is 340 g/mol. The molecule has 1 aromatic heterocycles. The second-order valence-corrected chi connectivity index (χ2v) is 7.89. The van der Waals surface area contributed by atoms with E-state index in [1.54, 1.807) is 0 Å². The van der Waals surface area contributed by atoms with Crippen LogP contribution >= 0.6 is 0 Å². The Morgan fingerprint density at radius 2 is 1.62 bits per heavy atom. The largest absolute Gasteiger partial charge is 0.237 e. The molecule has 4 atom stereocenters. The van der Waals surface area contributed by atoms with Crippen molar-refractivity contribution in [3.63, 3.8) is 0 Å². The smallest absolute Gasteiger partial charge is 0.177 e. The van der Waals surface area contributed by atoms with Crippen LogP contribution in [-0.2, 0) is 10.8 Å². The van der Waals surface area contributed by atoms with Crippen LogP contribution in [0.15, 0.2) is 24.3 Å². The molecule has 0 saturated heterocycles. The van der Waals surface area contributed by atoms with Gasteiger partial charge in [0.05, 0.1) is 11.4 Å². The molecule has 4 heteroatoms. The lowest BCUT2D eigenvalue weighted by molar-refractivity contribution is 0.396. The first-order chi connectivity index (χ1) is 12.7. The van der Waals surface area contributed by atoms with Crippen molar-refractivity contribution in [1.82, 2.24) is 9.97 Å². The number of hydrogen-bond donors (Lipinski definition) is 0. The van der Waals surface area contributed by atoms with Gasteiger partial charge in [-0.15, -0.1) is 0 Å². The zero-order chi connectivity index (χ0) is 18.1. The van der Waals surface area contributed by atoms with Crippen LogP contribution in [0.2, 0.25) is 0 Å².